The molecule has 2 aliphatic rings. The van der Waals surface area contributed by atoms with Gasteiger partial charge < -0.3 is 15.0 Å². The van der Waals surface area contributed by atoms with Gasteiger partial charge >= 0.3 is 5.97 Å². The number of hydrogen-bond donors (Lipinski definition) is 3. The molecular weight excluding hydrogens is 879 g/mol. The fourth-order valence-corrected chi connectivity index (χ4v) is 9.95. The first-order valence-electron chi connectivity index (χ1n) is 21.9. The molecule has 0 bridgehead atoms. The first kappa shape index (κ1) is 49.4. The highest BCUT2D eigenvalue weighted by molar-refractivity contribution is 7.86. The Balaban J connectivity index is 1.18. The van der Waals surface area contributed by atoms with Crippen molar-refractivity contribution >= 4 is 55.0 Å². The lowest BCUT2D eigenvalue weighted by Gasteiger charge is -2.25. The Kier molecular flexibility index (Phi) is 14.9. The number of benzene rings is 4. The summed E-state index contributed by atoms with van der Waals surface area (Å²) in [4.78, 5) is 41.7. The molecule has 6 rings (SSSR count). The maximum Gasteiger partial charge on any atom is 0.339 e. The van der Waals surface area contributed by atoms with E-state index in [2.05, 4.69) is 14.8 Å². The molecule has 1 atom stereocenters. The van der Waals surface area contributed by atoms with E-state index in [9.17, 15) is 40.3 Å². The van der Waals surface area contributed by atoms with Crippen molar-refractivity contribution in [2.45, 2.75) is 101 Å². The summed E-state index contributed by atoms with van der Waals surface area (Å²) in [6, 6.07) is 22.9. The zero-order chi connectivity index (χ0) is 48.2. The van der Waals surface area contributed by atoms with Gasteiger partial charge in [0.2, 0.25) is 11.6 Å². The highest BCUT2D eigenvalue weighted by Crippen LogP contribution is 2.48. The van der Waals surface area contributed by atoms with Gasteiger partial charge in [0, 0.05) is 53.9 Å². The van der Waals surface area contributed by atoms with Crippen LogP contribution >= 0.6 is 0 Å². The Morgan fingerprint density at radius 1 is 0.788 bits per heavy atom. The van der Waals surface area contributed by atoms with Crippen LogP contribution in [0.4, 0.5) is 11.4 Å². The van der Waals surface area contributed by atoms with Crippen molar-refractivity contribution in [3.63, 3.8) is 0 Å². The summed E-state index contributed by atoms with van der Waals surface area (Å²) < 4.78 is 75.5. The molecule has 0 unspecified atom stereocenters. The van der Waals surface area contributed by atoms with E-state index in [4.69, 9.17) is 4.74 Å². The molecule has 15 heteroatoms. The van der Waals surface area contributed by atoms with Crippen molar-refractivity contribution in [2.75, 3.05) is 24.6 Å². The molecule has 0 aromatic heterocycles. The molecule has 4 aromatic rings. The third-order valence-electron chi connectivity index (χ3n) is 12.4. The van der Waals surface area contributed by atoms with Crippen LogP contribution in [-0.2, 0) is 51.8 Å². The molecule has 0 aliphatic carbocycles. The van der Waals surface area contributed by atoms with Crippen LogP contribution in [0.3, 0.4) is 0 Å². The number of nitrogens with one attached hydrogen (secondary N) is 1. The molecule has 3 N–H and O–H groups in total. The number of rotatable bonds is 18. The fraction of sp³-hybridized carbons (Fsp3) is 0.333. The Bertz CT molecular complexity index is 2880. The van der Waals surface area contributed by atoms with Gasteiger partial charge in [0.05, 0.1) is 26.8 Å². The van der Waals surface area contributed by atoms with E-state index in [-0.39, 0.29) is 28.5 Å². The number of unbranched alkanes of at least 4 members (excludes halogenated alkanes) is 1. The molecular formula is C51H58N3O10S2+. The second kappa shape index (κ2) is 19.8. The molecule has 66 heavy (non-hydrogen) atoms. The number of fused-ring (bicyclic) bond motifs is 2. The Labute approximate surface area is 388 Å². The lowest BCUT2D eigenvalue weighted by molar-refractivity contribution is -0.438. The van der Waals surface area contributed by atoms with Crippen LogP contribution in [-0.4, -0.2) is 79.6 Å². The molecule has 2 aliphatic heterocycles. The number of likely N-dealkylation sites (N-methyl/N-ethyl adjacent to an activating group) is 1. The van der Waals surface area contributed by atoms with Crippen molar-refractivity contribution < 1.29 is 49.6 Å². The van der Waals surface area contributed by atoms with Crippen LogP contribution in [0.1, 0.15) is 92.1 Å². The molecule has 0 radical (unpaired) electrons. The van der Waals surface area contributed by atoms with Crippen molar-refractivity contribution in [2.24, 2.45) is 0 Å². The van der Waals surface area contributed by atoms with Gasteiger partial charge in [-0.25, -0.2) is 4.79 Å². The number of amides is 1. The van der Waals surface area contributed by atoms with Gasteiger partial charge in [-0.3, -0.25) is 18.7 Å². The number of carbonyl (C=O) groups excluding carboxylic acids is 3. The normalized spacial score (nSPS) is 16.5. The SMILES string of the molecule is CCN1/C(=C/C=C/C=C/C2=[N+](CCCCC(=O)N[C@@H](Cc3ccccc3)C(=O)COC(=O)c3c(C)cccc3C)c3ccc(S(=O)(=O)O)cc3C2(C)C)C(C)(C)c2cc(S(=O)(=O)O)ccc21. The zero-order valence-electron chi connectivity index (χ0n) is 38.4. The van der Waals surface area contributed by atoms with Gasteiger partial charge in [0.1, 0.15) is 6.54 Å². The first-order chi connectivity index (χ1) is 31.0. The van der Waals surface area contributed by atoms with E-state index in [0.717, 1.165) is 45.0 Å². The summed E-state index contributed by atoms with van der Waals surface area (Å²) in [6.07, 6.45) is 10.9. The van der Waals surface area contributed by atoms with Gasteiger partial charge in [-0.05, 0) is 106 Å². The minimum absolute atomic E-state index is 0.112. The van der Waals surface area contributed by atoms with E-state index < -0.39 is 55.5 Å². The number of nitrogens with zero attached hydrogens (tertiary/aromatic N) is 2. The molecule has 0 saturated heterocycles. The maximum absolute atomic E-state index is 13.5. The number of esters is 1. The summed E-state index contributed by atoms with van der Waals surface area (Å²) in [5, 5.41) is 2.88. The molecule has 1 amide bonds. The third kappa shape index (κ3) is 10.8. The number of carbonyl (C=O) groups is 3. The van der Waals surface area contributed by atoms with Crippen molar-refractivity contribution in [1.82, 2.24) is 5.32 Å². The third-order valence-corrected chi connectivity index (χ3v) is 14.1. The molecule has 0 saturated carbocycles. The number of ether oxygens (including phenoxy) is 1. The summed E-state index contributed by atoms with van der Waals surface area (Å²) in [5.74, 6) is -1.37. The smallest absolute Gasteiger partial charge is 0.339 e. The van der Waals surface area contributed by atoms with Crippen molar-refractivity contribution in [3.8, 4) is 0 Å². The lowest BCUT2D eigenvalue weighted by atomic mass is 9.81. The van der Waals surface area contributed by atoms with Crippen molar-refractivity contribution in [1.29, 1.82) is 0 Å². The number of Topliss-reactive ketones (excluding diaryl/α,β-unsaturated/α-hetero) is 1. The summed E-state index contributed by atoms with van der Waals surface area (Å²) in [5.41, 5.74) is 6.35. The van der Waals surface area contributed by atoms with Crippen LogP contribution in [0.15, 0.2) is 131 Å². The van der Waals surface area contributed by atoms with Gasteiger partial charge in [-0.15, -0.1) is 0 Å². The van der Waals surface area contributed by atoms with E-state index in [0.29, 0.717) is 37.1 Å². The average molecular weight is 937 g/mol. The average Bonchev–Trinajstić information content (AvgIpc) is 3.60. The minimum Gasteiger partial charge on any atom is -0.454 e. The second-order valence-electron chi connectivity index (χ2n) is 17.7. The fourth-order valence-electron chi connectivity index (χ4n) is 8.93. The molecule has 4 aromatic carbocycles. The van der Waals surface area contributed by atoms with E-state index in [1.54, 1.807) is 38.1 Å². The van der Waals surface area contributed by atoms with Crippen LogP contribution in [0.2, 0.25) is 0 Å². The Hall–Kier alpha value is -6.00. The summed E-state index contributed by atoms with van der Waals surface area (Å²) in [7, 11) is -8.87. The molecule has 348 valence electrons. The molecule has 2 heterocycles. The highest BCUT2D eigenvalue weighted by atomic mass is 32.2. The number of allylic oxidation sites excluding steroid dienone is 6. The number of anilines is 1. The first-order valence-corrected chi connectivity index (χ1v) is 24.7. The van der Waals surface area contributed by atoms with Gasteiger partial charge in [0.15, 0.2) is 18.1 Å². The molecule has 13 nitrogen and oxygen atoms in total. The minimum atomic E-state index is -4.48. The molecule has 0 spiro atoms. The van der Waals surface area contributed by atoms with Gasteiger partial charge in [0.25, 0.3) is 20.2 Å². The summed E-state index contributed by atoms with van der Waals surface area (Å²) in [6.45, 7) is 14.1. The Morgan fingerprint density at radius 3 is 2.06 bits per heavy atom. The van der Waals surface area contributed by atoms with Crippen LogP contribution in [0.25, 0.3) is 0 Å². The number of hydrogen-bond acceptors (Lipinski definition) is 9. The van der Waals surface area contributed by atoms with E-state index in [1.807, 2.05) is 101 Å². The zero-order valence-corrected chi connectivity index (χ0v) is 40.0. The van der Waals surface area contributed by atoms with Crippen LogP contribution < -0.4 is 10.2 Å². The predicted molar refractivity (Wildman–Crippen MR) is 255 cm³/mol. The maximum atomic E-state index is 13.5. The number of aryl methyl sites for hydroxylation is 2. The predicted octanol–water partition coefficient (Wildman–Crippen LogP) is 8.31. The number of ketones is 1. The summed E-state index contributed by atoms with van der Waals surface area (Å²) >= 11 is 0. The lowest BCUT2D eigenvalue weighted by Crippen LogP contribution is -2.44. The van der Waals surface area contributed by atoms with E-state index in [1.165, 1.54) is 24.3 Å². The largest absolute Gasteiger partial charge is 0.454 e. The standard InChI is InChI=1S/C51H57N3O10S2/c1-8-53-42-27-25-37(65(58,59)60)31-39(42)50(4,5)45(53)22-13-10-14-23-46-51(6,7)40-32-38(66(61,62)63)26-28-43(40)54(46)29-16-15-24-47(56)52-41(30-36-20-11-9-12-21-36)44(55)33-64-49(57)48-34(2)18-17-19-35(48)3/h9-14,17-23,25-28,31-32,41H,8,15-16,24,29-30,33H2,1-7H3,(H2-,52,56,58,59,60,61,62,63)/p+1/t41-/m0/s1. The monoisotopic (exact) mass is 936 g/mol. The van der Waals surface area contributed by atoms with Crippen LogP contribution in [0, 0.1) is 13.8 Å². The molecule has 0 fully saturated rings. The van der Waals surface area contributed by atoms with Crippen LogP contribution in [0.5, 0.6) is 0 Å². The topological polar surface area (TPSA) is 187 Å². The highest BCUT2D eigenvalue weighted by Gasteiger charge is 2.45. The Morgan fingerprint density at radius 2 is 1.42 bits per heavy atom. The van der Waals surface area contributed by atoms with E-state index >= 15 is 0 Å². The second-order valence-corrected chi connectivity index (χ2v) is 20.6. The quantitative estimate of drug-likeness (QED) is 0.0286. The van der Waals surface area contributed by atoms with Gasteiger partial charge in [-0.2, -0.15) is 21.4 Å². The van der Waals surface area contributed by atoms with Gasteiger partial charge in [-0.1, -0.05) is 80.6 Å². The van der Waals surface area contributed by atoms with Crippen molar-refractivity contribution in [3.05, 3.63) is 154 Å².